The zero-order valence-corrected chi connectivity index (χ0v) is 20.3. The number of nitrogens with zero attached hydrogens (tertiary/aromatic N) is 6. The second kappa shape index (κ2) is 9.50. The summed E-state index contributed by atoms with van der Waals surface area (Å²) in [5, 5.41) is 9.49. The maximum absolute atomic E-state index is 13.3. The molecule has 180 valence electrons. The first kappa shape index (κ1) is 25.9. The lowest BCUT2D eigenvalue weighted by molar-refractivity contribution is -0.129. The number of thioether (sulfide) groups is 2. The van der Waals surface area contributed by atoms with E-state index in [1.807, 2.05) is 0 Å². The van der Waals surface area contributed by atoms with Crippen molar-refractivity contribution in [3.8, 4) is 0 Å². The van der Waals surface area contributed by atoms with Crippen LogP contribution in [0.2, 0.25) is 0 Å². The van der Waals surface area contributed by atoms with Gasteiger partial charge in [-0.25, -0.2) is 0 Å². The summed E-state index contributed by atoms with van der Waals surface area (Å²) >= 11 is 1.54. The van der Waals surface area contributed by atoms with Crippen LogP contribution in [0.1, 0.15) is 44.9 Å². The van der Waals surface area contributed by atoms with Gasteiger partial charge in [-0.2, -0.15) is 16.8 Å². The van der Waals surface area contributed by atoms with Crippen LogP contribution in [-0.4, -0.2) is 39.9 Å². The summed E-state index contributed by atoms with van der Waals surface area (Å²) in [4.78, 5) is 18.5. The molecule has 0 saturated heterocycles. The van der Waals surface area contributed by atoms with Crippen molar-refractivity contribution in [3.05, 3.63) is 43.1 Å². The summed E-state index contributed by atoms with van der Waals surface area (Å²) < 4.78 is 65.1. The molecule has 0 aromatic rings. The van der Waals surface area contributed by atoms with E-state index >= 15 is 0 Å². The zero-order chi connectivity index (χ0) is 24.5. The summed E-state index contributed by atoms with van der Waals surface area (Å²) in [7, 11) is -9.29. The number of carbonyl (C=O) groups excluding carboxylic acids is 1. The molecule has 1 aliphatic carbocycles. The van der Waals surface area contributed by atoms with Gasteiger partial charge in [-0.15, -0.1) is 23.5 Å². The number of azide groups is 2. The van der Waals surface area contributed by atoms with Gasteiger partial charge in [0.05, 0.1) is 0 Å². The lowest BCUT2D eigenvalue weighted by atomic mass is 9.75. The molecular weight excluding hydrogens is 516 g/mol. The Morgan fingerprint density at radius 1 is 0.909 bits per heavy atom. The summed E-state index contributed by atoms with van der Waals surface area (Å²) in [6.07, 6.45) is 0.198. The number of Topliss-reactive ketones (excluding diaryl/α,β-unsaturated/α-hetero) is 1. The molecule has 0 bridgehead atoms. The average Bonchev–Trinajstić information content (AvgIpc) is 3.31. The molecule has 13 nitrogen and oxygen atoms in total. The Hall–Kier alpha value is -1.71. The van der Waals surface area contributed by atoms with Gasteiger partial charge in [0, 0.05) is 45.9 Å². The predicted octanol–water partition coefficient (Wildman–Crippen LogP) is 4.50. The fourth-order valence-electron chi connectivity index (χ4n) is 4.44. The molecule has 4 unspecified atom stereocenters. The Kier molecular flexibility index (Phi) is 7.46. The van der Waals surface area contributed by atoms with Crippen LogP contribution < -0.4 is 0 Å². The minimum atomic E-state index is -4.65. The minimum Gasteiger partial charge on any atom is -0.299 e. The van der Waals surface area contributed by atoms with Crippen molar-refractivity contribution in [1.82, 2.24) is 0 Å². The number of rotatable bonds is 8. The lowest BCUT2D eigenvalue weighted by Gasteiger charge is -2.36. The molecule has 2 aliphatic heterocycles. The smallest absolute Gasteiger partial charge is 0.280 e. The van der Waals surface area contributed by atoms with Gasteiger partial charge in [-0.05, 0) is 47.6 Å². The van der Waals surface area contributed by atoms with E-state index in [-0.39, 0.29) is 42.9 Å². The average molecular weight is 537 g/mol. The highest BCUT2D eigenvalue weighted by molar-refractivity contribution is 8.15. The van der Waals surface area contributed by atoms with Crippen molar-refractivity contribution in [2.75, 3.05) is 0 Å². The molecule has 33 heavy (non-hydrogen) atoms. The van der Waals surface area contributed by atoms with Crippen LogP contribution in [0.4, 0.5) is 0 Å². The predicted molar refractivity (Wildman–Crippen MR) is 123 cm³/mol. The first-order chi connectivity index (χ1) is 15.4. The van der Waals surface area contributed by atoms with Crippen LogP contribution in [0.3, 0.4) is 0 Å². The molecule has 0 spiro atoms. The number of hydrogen-bond acceptors (Lipinski definition) is 9. The van der Waals surface area contributed by atoms with E-state index in [0.717, 1.165) is 23.5 Å². The summed E-state index contributed by atoms with van der Waals surface area (Å²) in [5.74, 6) is -1.93. The fraction of sp³-hybridized carbons (Fsp3) is 0.688. The van der Waals surface area contributed by atoms with Gasteiger partial charge >= 0.3 is 0 Å². The molecular formula is C16H20N6O7S4. The van der Waals surface area contributed by atoms with Crippen molar-refractivity contribution < 1.29 is 30.7 Å². The van der Waals surface area contributed by atoms with E-state index in [4.69, 9.17) is 11.1 Å². The van der Waals surface area contributed by atoms with E-state index in [1.165, 1.54) is 10.8 Å². The van der Waals surface area contributed by atoms with E-state index in [1.54, 1.807) is 0 Å². The van der Waals surface area contributed by atoms with Gasteiger partial charge in [0.2, 0.25) is 0 Å². The van der Waals surface area contributed by atoms with Crippen molar-refractivity contribution in [3.63, 3.8) is 0 Å². The standard InChI is InChI=1S/C16H20N6O7S4/c17-21-19-12-6-15(30-8-12,32(24,25)26)4-10-2-1-3-11(14(10)23)5-16(33(27,28)29)7-13(9-31-16)20-22-18/h8-11H,1-7H2,(H,24,25,26)(H,27,28,29). The third kappa shape index (κ3) is 5.20. The highest BCUT2D eigenvalue weighted by Crippen LogP contribution is 2.53. The molecule has 17 heteroatoms. The molecule has 0 amide bonds. The minimum absolute atomic E-state index is 0.129. The molecule has 0 radical (unpaired) electrons. The van der Waals surface area contributed by atoms with Gasteiger partial charge in [-0.3, -0.25) is 13.9 Å². The highest BCUT2D eigenvalue weighted by atomic mass is 32.3. The van der Waals surface area contributed by atoms with Crippen LogP contribution in [0.15, 0.2) is 32.4 Å². The first-order valence-electron chi connectivity index (χ1n) is 9.68. The number of ketones is 1. The van der Waals surface area contributed by atoms with Gasteiger partial charge < -0.3 is 0 Å². The van der Waals surface area contributed by atoms with Gasteiger partial charge in [0.1, 0.15) is 5.78 Å². The van der Waals surface area contributed by atoms with E-state index < -0.39 is 40.2 Å². The Morgan fingerprint density at radius 3 is 1.64 bits per heavy atom. The van der Waals surface area contributed by atoms with Gasteiger partial charge in [0.25, 0.3) is 20.2 Å². The van der Waals surface area contributed by atoms with Crippen molar-refractivity contribution >= 4 is 49.5 Å². The first-order valence-corrected chi connectivity index (χ1v) is 14.3. The second-order valence-corrected chi connectivity index (χ2v) is 14.6. The molecule has 0 aromatic carbocycles. The van der Waals surface area contributed by atoms with Crippen molar-refractivity contribution in [2.24, 2.45) is 22.1 Å². The maximum Gasteiger partial charge on any atom is 0.280 e. The van der Waals surface area contributed by atoms with Crippen LogP contribution in [0.25, 0.3) is 20.9 Å². The van der Waals surface area contributed by atoms with Crippen LogP contribution in [-0.2, 0) is 25.0 Å². The van der Waals surface area contributed by atoms with Crippen molar-refractivity contribution in [1.29, 1.82) is 0 Å². The van der Waals surface area contributed by atoms with Crippen molar-refractivity contribution in [2.45, 2.75) is 53.1 Å². The second-order valence-electron chi connectivity index (χ2n) is 8.09. The van der Waals surface area contributed by atoms with E-state index in [9.17, 15) is 30.7 Å². The molecule has 4 atom stereocenters. The molecule has 1 saturated carbocycles. The summed E-state index contributed by atoms with van der Waals surface area (Å²) in [6, 6.07) is 0. The molecule has 1 fully saturated rings. The molecule has 3 rings (SSSR count). The largest absolute Gasteiger partial charge is 0.299 e. The topological polar surface area (TPSA) is 223 Å². The van der Waals surface area contributed by atoms with E-state index in [2.05, 4.69) is 20.1 Å². The SMILES string of the molecule is [N-]=[N+]=NC1=CSC(CC2CCCC(CC3(S(=O)(=O)O)CC(N=[N+]=[N-])=CS3)C2=O)(S(=O)(=O)O)C1. The van der Waals surface area contributed by atoms with Gasteiger partial charge in [0.15, 0.2) is 8.16 Å². The monoisotopic (exact) mass is 536 g/mol. The quantitative estimate of drug-likeness (QED) is 0.192. The maximum atomic E-state index is 13.3. The Balaban J connectivity index is 1.82. The lowest BCUT2D eigenvalue weighted by Crippen LogP contribution is -2.43. The molecule has 3 aliphatic rings. The summed E-state index contributed by atoms with van der Waals surface area (Å²) in [6.45, 7) is 0. The summed E-state index contributed by atoms with van der Waals surface area (Å²) in [5.41, 5.74) is 17.5. The number of allylic oxidation sites excluding steroid dienone is 2. The van der Waals surface area contributed by atoms with Crippen LogP contribution >= 0.6 is 23.5 Å². The van der Waals surface area contributed by atoms with Crippen LogP contribution in [0, 0.1) is 11.8 Å². The molecule has 2 N–H and O–H groups in total. The molecule has 2 heterocycles. The Bertz CT molecular complexity index is 1130. The third-order valence-corrected chi connectivity index (χ3v) is 12.6. The Labute approximate surface area is 198 Å². The Morgan fingerprint density at radius 2 is 1.30 bits per heavy atom. The molecule has 0 aromatic heterocycles. The van der Waals surface area contributed by atoms with Gasteiger partial charge in [-0.1, -0.05) is 16.6 Å². The normalized spacial score (nSPS) is 32.5. The third-order valence-electron chi connectivity index (χ3n) is 6.03. The number of carbonyl (C=O) groups is 1. The zero-order valence-electron chi connectivity index (χ0n) is 17.0. The number of hydrogen-bond donors (Lipinski definition) is 2. The highest BCUT2D eigenvalue weighted by Gasteiger charge is 2.53. The van der Waals surface area contributed by atoms with Crippen LogP contribution in [0.5, 0.6) is 0 Å². The van der Waals surface area contributed by atoms with E-state index in [0.29, 0.717) is 19.3 Å². The fourth-order valence-corrected chi connectivity index (χ4v) is 9.21.